The average Bonchev–Trinajstić information content (AvgIpc) is 3.11. The third kappa shape index (κ3) is 4.29. The summed E-state index contributed by atoms with van der Waals surface area (Å²) in [4.78, 5) is 39.3. The summed E-state index contributed by atoms with van der Waals surface area (Å²) in [6, 6.07) is 1.30. The zero-order chi connectivity index (χ0) is 24.8. The number of carbonyl (C=O) groups is 3. The lowest BCUT2D eigenvalue weighted by atomic mass is 9.97. The zero-order valence-corrected chi connectivity index (χ0v) is 18.8. The number of halogens is 3. The van der Waals surface area contributed by atoms with E-state index in [1.807, 2.05) is 19.9 Å². The maximum atomic E-state index is 13.9. The van der Waals surface area contributed by atoms with Crippen molar-refractivity contribution in [3.8, 4) is 6.07 Å². The number of amides is 3. The number of rotatable bonds is 7. The highest BCUT2D eigenvalue weighted by Gasteiger charge is 2.69. The van der Waals surface area contributed by atoms with Crippen molar-refractivity contribution < 1.29 is 27.6 Å². The van der Waals surface area contributed by atoms with Gasteiger partial charge < -0.3 is 20.9 Å². The molecule has 0 radical (unpaired) electrons. The van der Waals surface area contributed by atoms with E-state index >= 15 is 0 Å². The fourth-order valence-corrected chi connectivity index (χ4v) is 5.38. The number of nitrogens with zero attached hydrogens (tertiary/aromatic N) is 2. The second kappa shape index (κ2) is 8.81. The quantitative estimate of drug-likeness (QED) is 0.551. The van der Waals surface area contributed by atoms with Crippen LogP contribution in [0, 0.1) is 52.0 Å². The molecule has 8 nitrogen and oxygen atoms in total. The summed E-state index contributed by atoms with van der Waals surface area (Å²) in [5.41, 5.74) is -0.797. The first-order chi connectivity index (χ1) is 16.0. The van der Waals surface area contributed by atoms with E-state index in [-0.39, 0.29) is 35.5 Å². The molecule has 3 aliphatic rings. The number of likely N-dealkylation sites (tertiary alicyclic amines) is 1. The Morgan fingerprint density at radius 2 is 1.97 bits per heavy atom. The Morgan fingerprint density at radius 1 is 1.29 bits per heavy atom. The van der Waals surface area contributed by atoms with Crippen LogP contribution in [-0.4, -0.2) is 54.3 Å². The average molecular weight is 477 g/mol. The molecule has 5 atom stereocenters. The van der Waals surface area contributed by atoms with Crippen LogP contribution >= 0.6 is 0 Å². The van der Waals surface area contributed by atoms with Crippen molar-refractivity contribution in [2.24, 2.45) is 23.2 Å². The maximum absolute atomic E-state index is 13.9. The van der Waals surface area contributed by atoms with Gasteiger partial charge in [-0.25, -0.2) is 13.2 Å². The number of anilines is 1. The summed E-state index contributed by atoms with van der Waals surface area (Å²) in [5.74, 6) is -5.01. The molecule has 182 valence electrons. The lowest BCUT2D eigenvalue weighted by molar-refractivity contribution is -0.139. The molecule has 1 aromatic carbocycles. The molecule has 3 N–H and O–H groups in total. The van der Waals surface area contributed by atoms with E-state index in [1.165, 1.54) is 4.90 Å². The molecule has 0 bridgehead atoms. The fourth-order valence-electron chi connectivity index (χ4n) is 5.38. The third-order valence-electron chi connectivity index (χ3n) is 7.38. The van der Waals surface area contributed by atoms with Crippen molar-refractivity contribution in [3.63, 3.8) is 0 Å². The predicted octanol–water partition coefficient (Wildman–Crippen LogP) is 1.53. The minimum atomic E-state index is -1.17. The fraction of sp³-hybridized carbons (Fsp3) is 0.565. The van der Waals surface area contributed by atoms with Gasteiger partial charge in [0.2, 0.25) is 17.7 Å². The first kappa shape index (κ1) is 23.9. The van der Waals surface area contributed by atoms with E-state index in [4.69, 9.17) is 0 Å². The van der Waals surface area contributed by atoms with Gasteiger partial charge in [-0.3, -0.25) is 14.4 Å². The summed E-state index contributed by atoms with van der Waals surface area (Å²) >= 11 is 0. The molecule has 3 fully saturated rings. The van der Waals surface area contributed by atoms with E-state index in [9.17, 15) is 32.8 Å². The number of carbonyl (C=O) groups excluding carboxylic acids is 3. The van der Waals surface area contributed by atoms with Gasteiger partial charge in [0.1, 0.15) is 23.6 Å². The van der Waals surface area contributed by atoms with Crippen molar-refractivity contribution in [1.29, 1.82) is 5.26 Å². The van der Waals surface area contributed by atoms with Gasteiger partial charge in [0.05, 0.1) is 12.6 Å². The highest BCUT2D eigenvalue weighted by molar-refractivity contribution is 5.91. The Morgan fingerprint density at radius 3 is 2.56 bits per heavy atom. The minimum absolute atomic E-state index is 0.0765. The van der Waals surface area contributed by atoms with Gasteiger partial charge in [-0.05, 0) is 30.1 Å². The van der Waals surface area contributed by atoms with E-state index < -0.39 is 53.6 Å². The molecular formula is C23H26F3N5O3. The van der Waals surface area contributed by atoms with Gasteiger partial charge in [-0.2, -0.15) is 5.26 Å². The van der Waals surface area contributed by atoms with Crippen LogP contribution < -0.4 is 16.0 Å². The Bertz CT molecular complexity index is 1050. The van der Waals surface area contributed by atoms with Gasteiger partial charge in [0.25, 0.3) is 0 Å². The lowest BCUT2D eigenvalue weighted by Gasteiger charge is -2.31. The molecule has 3 amide bonds. The van der Waals surface area contributed by atoms with Gasteiger partial charge in [-0.15, -0.1) is 0 Å². The molecule has 4 rings (SSSR count). The van der Waals surface area contributed by atoms with Crippen LogP contribution in [0.5, 0.6) is 0 Å². The van der Waals surface area contributed by atoms with Crippen LogP contribution in [0.3, 0.4) is 0 Å². The second-order valence-corrected chi connectivity index (χ2v) is 9.75. The monoisotopic (exact) mass is 477 g/mol. The molecule has 11 heteroatoms. The van der Waals surface area contributed by atoms with E-state index in [0.29, 0.717) is 31.6 Å². The molecule has 1 aromatic rings. The van der Waals surface area contributed by atoms with Crippen LogP contribution in [-0.2, 0) is 14.4 Å². The molecule has 2 heterocycles. The number of nitrogens with one attached hydrogen (secondary N) is 3. The van der Waals surface area contributed by atoms with Gasteiger partial charge >= 0.3 is 0 Å². The number of benzene rings is 1. The zero-order valence-electron chi connectivity index (χ0n) is 18.8. The highest BCUT2D eigenvalue weighted by atomic mass is 19.1. The summed E-state index contributed by atoms with van der Waals surface area (Å²) in [7, 11) is 0. The number of hydrogen-bond donors (Lipinski definition) is 3. The van der Waals surface area contributed by atoms with Crippen molar-refractivity contribution in [3.05, 3.63) is 29.6 Å². The van der Waals surface area contributed by atoms with Gasteiger partial charge in [0.15, 0.2) is 11.6 Å². The van der Waals surface area contributed by atoms with Crippen LogP contribution in [0.15, 0.2) is 12.1 Å². The standard InChI is InChI=1S/C23H26F3N5O3/c1-23(2)14-10-31(17(32)9-29-19-15(25)6-12(24)7-16(19)26)20(18(14)23)22(34)30-13(8-27)5-11-3-4-28-21(11)33/h6-7,11,13-14,18,20,29H,3-5,9-10H2,1-2H3,(H,28,33)(H,30,34)/t11-,13-,14?,18-,20-/m0/s1. The largest absolute Gasteiger partial charge is 0.371 e. The van der Waals surface area contributed by atoms with Crippen LogP contribution in [0.25, 0.3) is 0 Å². The number of hydrogen-bond acceptors (Lipinski definition) is 5. The topological polar surface area (TPSA) is 114 Å². The second-order valence-electron chi connectivity index (χ2n) is 9.75. The number of fused-ring (bicyclic) bond motifs is 1. The molecule has 2 saturated heterocycles. The molecule has 34 heavy (non-hydrogen) atoms. The molecular weight excluding hydrogens is 451 g/mol. The third-order valence-corrected chi connectivity index (χ3v) is 7.38. The Balaban J connectivity index is 1.44. The Kier molecular flexibility index (Phi) is 6.18. The Hall–Kier alpha value is -3.29. The number of nitriles is 1. The van der Waals surface area contributed by atoms with Crippen LogP contribution in [0.4, 0.5) is 18.9 Å². The van der Waals surface area contributed by atoms with Crippen molar-refractivity contribution in [2.75, 3.05) is 25.0 Å². The van der Waals surface area contributed by atoms with Crippen LogP contribution in [0.2, 0.25) is 0 Å². The molecule has 2 aliphatic heterocycles. The summed E-state index contributed by atoms with van der Waals surface area (Å²) < 4.78 is 40.9. The van der Waals surface area contributed by atoms with E-state index in [2.05, 4.69) is 16.0 Å². The van der Waals surface area contributed by atoms with E-state index in [0.717, 1.165) is 0 Å². The van der Waals surface area contributed by atoms with Crippen molar-refractivity contribution in [1.82, 2.24) is 15.5 Å². The molecule has 0 aromatic heterocycles. The van der Waals surface area contributed by atoms with Gasteiger partial charge in [-0.1, -0.05) is 13.8 Å². The predicted molar refractivity (Wildman–Crippen MR) is 114 cm³/mol. The first-order valence-electron chi connectivity index (χ1n) is 11.2. The smallest absolute Gasteiger partial charge is 0.244 e. The SMILES string of the molecule is CC1(C)C2CN(C(=O)CNc3c(F)cc(F)cc3F)[C@H](C(=O)N[C@H](C#N)C[C@@H]3CCNC3=O)[C@H]21. The summed E-state index contributed by atoms with van der Waals surface area (Å²) in [6.45, 7) is 4.33. The molecule has 0 spiro atoms. The highest BCUT2D eigenvalue weighted by Crippen LogP contribution is 2.64. The lowest BCUT2D eigenvalue weighted by Crippen LogP contribution is -2.53. The minimum Gasteiger partial charge on any atom is -0.371 e. The van der Waals surface area contributed by atoms with E-state index in [1.54, 1.807) is 0 Å². The van der Waals surface area contributed by atoms with Gasteiger partial charge in [0, 0.05) is 31.1 Å². The van der Waals surface area contributed by atoms with Crippen LogP contribution in [0.1, 0.15) is 26.7 Å². The van der Waals surface area contributed by atoms with Crippen molar-refractivity contribution >= 4 is 23.4 Å². The molecule has 1 unspecified atom stereocenters. The molecule has 1 aliphatic carbocycles. The summed E-state index contributed by atoms with van der Waals surface area (Å²) in [6.07, 6.45) is 0.762. The number of piperidine rings is 1. The normalized spacial score (nSPS) is 27.4. The molecule has 1 saturated carbocycles. The Labute approximate surface area is 194 Å². The first-order valence-corrected chi connectivity index (χ1v) is 11.2. The summed E-state index contributed by atoms with van der Waals surface area (Å²) in [5, 5.41) is 17.3. The van der Waals surface area contributed by atoms with Crippen molar-refractivity contribution in [2.45, 2.75) is 38.8 Å². The maximum Gasteiger partial charge on any atom is 0.244 e.